The van der Waals surface area contributed by atoms with Gasteiger partial charge < -0.3 is 4.98 Å². The molecule has 0 saturated heterocycles. The molecular formula is C9H8N4O. The predicted molar refractivity (Wildman–Crippen MR) is 50.0 cm³/mol. The lowest BCUT2D eigenvalue weighted by atomic mass is 10.3. The van der Waals surface area contributed by atoms with Crippen LogP contribution in [0.3, 0.4) is 0 Å². The monoisotopic (exact) mass is 188 g/mol. The van der Waals surface area contributed by atoms with Crippen LogP contribution in [0.4, 0.5) is 0 Å². The second-order valence-electron chi connectivity index (χ2n) is 3.12. The Morgan fingerprint density at radius 1 is 1.57 bits per heavy atom. The molecule has 5 nitrogen and oxygen atoms in total. The van der Waals surface area contributed by atoms with E-state index in [1.807, 2.05) is 13.0 Å². The fourth-order valence-corrected chi connectivity index (χ4v) is 1.38. The maximum absolute atomic E-state index is 11.7. The number of rotatable bonds is 0. The number of aromatic amines is 1. The lowest BCUT2D eigenvalue weighted by molar-refractivity contribution is 1.01. The van der Waals surface area contributed by atoms with Gasteiger partial charge in [0.05, 0.1) is 5.69 Å². The SMILES string of the molecule is Cc1cn2c(=O)c(C#N)c(C)nc2[nH]1. The molecule has 0 radical (unpaired) electrons. The highest BCUT2D eigenvalue weighted by molar-refractivity contribution is 5.39. The number of hydrogen-bond donors (Lipinski definition) is 1. The molecule has 70 valence electrons. The van der Waals surface area contributed by atoms with Crippen LogP contribution in [0.2, 0.25) is 0 Å². The summed E-state index contributed by atoms with van der Waals surface area (Å²) in [5.74, 6) is 0.476. The van der Waals surface area contributed by atoms with Crippen LogP contribution in [0.1, 0.15) is 17.0 Å². The van der Waals surface area contributed by atoms with Crippen LogP contribution >= 0.6 is 0 Å². The molecular weight excluding hydrogens is 180 g/mol. The lowest BCUT2D eigenvalue weighted by Gasteiger charge is -1.96. The van der Waals surface area contributed by atoms with Crippen LogP contribution < -0.4 is 5.56 Å². The van der Waals surface area contributed by atoms with Crippen molar-refractivity contribution in [3.8, 4) is 6.07 Å². The van der Waals surface area contributed by atoms with Crippen LogP contribution in [0.5, 0.6) is 0 Å². The van der Waals surface area contributed by atoms with E-state index in [1.54, 1.807) is 13.1 Å². The number of nitriles is 1. The molecule has 0 amide bonds. The molecule has 0 unspecified atom stereocenters. The van der Waals surface area contributed by atoms with E-state index in [9.17, 15) is 4.79 Å². The molecule has 0 atom stereocenters. The van der Waals surface area contributed by atoms with Gasteiger partial charge in [0.1, 0.15) is 11.6 Å². The molecule has 0 saturated carbocycles. The summed E-state index contributed by atoms with van der Waals surface area (Å²) in [4.78, 5) is 18.7. The summed E-state index contributed by atoms with van der Waals surface area (Å²) < 4.78 is 1.35. The standard InChI is InChI=1S/C9H8N4O/c1-5-4-13-8(14)7(3-10)6(2)12-9(13)11-5/h4H,1-2H3,(H,11,12). The Balaban J connectivity index is 3.01. The highest BCUT2D eigenvalue weighted by Crippen LogP contribution is 2.02. The highest BCUT2D eigenvalue weighted by Gasteiger charge is 2.09. The Kier molecular flexibility index (Phi) is 1.64. The van der Waals surface area contributed by atoms with Crippen molar-refractivity contribution >= 4 is 5.78 Å². The van der Waals surface area contributed by atoms with Crippen molar-refractivity contribution in [1.29, 1.82) is 5.26 Å². The lowest BCUT2D eigenvalue weighted by Crippen LogP contribution is -2.18. The van der Waals surface area contributed by atoms with Gasteiger partial charge >= 0.3 is 0 Å². The molecule has 2 aromatic rings. The summed E-state index contributed by atoms with van der Waals surface area (Å²) in [6.45, 7) is 3.48. The average Bonchev–Trinajstić information content (AvgIpc) is 2.47. The number of H-pyrrole nitrogens is 1. The largest absolute Gasteiger partial charge is 0.328 e. The third-order valence-electron chi connectivity index (χ3n) is 2.04. The maximum Gasteiger partial charge on any atom is 0.277 e. The van der Waals surface area contributed by atoms with Crippen molar-refractivity contribution in [3.05, 3.63) is 33.5 Å². The van der Waals surface area contributed by atoms with Crippen LogP contribution in [0.25, 0.3) is 5.78 Å². The molecule has 14 heavy (non-hydrogen) atoms. The van der Waals surface area contributed by atoms with Crippen molar-refractivity contribution in [2.24, 2.45) is 0 Å². The van der Waals surface area contributed by atoms with Crippen molar-refractivity contribution in [2.75, 3.05) is 0 Å². The second-order valence-corrected chi connectivity index (χ2v) is 3.12. The van der Waals surface area contributed by atoms with Gasteiger partial charge in [-0.25, -0.2) is 4.98 Å². The van der Waals surface area contributed by atoms with Gasteiger partial charge in [-0.3, -0.25) is 9.20 Å². The molecule has 1 N–H and O–H groups in total. The Hall–Kier alpha value is -2.09. The average molecular weight is 188 g/mol. The van der Waals surface area contributed by atoms with Crippen LogP contribution in [0, 0.1) is 25.2 Å². The molecule has 0 fully saturated rings. The molecule has 0 spiro atoms. The predicted octanol–water partition coefficient (Wildman–Crippen LogP) is 0.511. The Bertz CT molecular complexity index is 600. The molecule has 0 aliphatic heterocycles. The molecule has 0 bridgehead atoms. The first-order chi connectivity index (χ1) is 6.63. The minimum absolute atomic E-state index is 0.0986. The van der Waals surface area contributed by atoms with Gasteiger partial charge in [-0.2, -0.15) is 5.26 Å². The minimum Gasteiger partial charge on any atom is -0.328 e. The van der Waals surface area contributed by atoms with Crippen LogP contribution in [-0.4, -0.2) is 14.4 Å². The highest BCUT2D eigenvalue weighted by atomic mass is 16.1. The third kappa shape index (κ3) is 1.01. The molecule has 2 rings (SSSR count). The third-order valence-corrected chi connectivity index (χ3v) is 2.04. The fourth-order valence-electron chi connectivity index (χ4n) is 1.38. The number of nitrogens with zero attached hydrogens (tertiary/aromatic N) is 3. The summed E-state index contributed by atoms with van der Waals surface area (Å²) in [6, 6.07) is 1.86. The molecule has 2 heterocycles. The van der Waals surface area contributed by atoms with E-state index in [0.717, 1.165) is 5.69 Å². The van der Waals surface area contributed by atoms with E-state index in [0.29, 0.717) is 11.5 Å². The molecule has 0 aliphatic rings. The Labute approximate surface area is 79.6 Å². The van der Waals surface area contributed by atoms with Crippen molar-refractivity contribution < 1.29 is 0 Å². The first-order valence-corrected chi connectivity index (χ1v) is 4.12. The molecule has 2 aromatic heterocycles. The normalized spacial score (nSPS) is 10.4. The van der Waals surface area contributed by atoms with Gasteiger partial charge in [-0.15, -0.1) is 0 Å². The van der Waals surface area contributed by atoms with Crippen LogP contribution in [-0.2, 0) is 0 Å². The number of aromatic nitrogens is 3. The van der Waals surface area contributed by atoms with E-state index in [2.05, 4.69) is 9.97 Å². The summed E-state index contributed by atoms with van der Waals surface area (Å²) in [5, 5.41) is 8.75. The number of hydrogen-bond acceptors (Lipinski definition) is 3. The second kappa shape index (κ2) is 2.70. The van der Waals surface area contributed by atoms with Gasteiger partial charge in [-0.1, -0.05) is 0 Å². The zero-order valence-corrected chi connectivity index (χ0v) is 7.83. The van der Waals surface area contributed by atoms with Gasteiger partial charge in [0.25, 0.3) is 5.56 Å². The summed E-state index contributed by atoms with van der Waals surface area (Å²) >= 11 is 0. The maximum atomic E-state index is 11.7. The topological polar surface area (TPSA) is 73.9 Å². The first kappa shape index (κ1) is 8.51. The number of fused-ring (bicyclic) bond motifs is 1. The van der Waals surface area contributed by atoms with Crippen molar-refractivity contribution in [3.63, 3.8) is 0 Å². The number of aryl methyl sites for hydroxylation is 2. The summed E-state index contributed by atoms with van der Waals surface area (Å²) in [5.41, 5.74) is 1.07. The van der Waals surface area contributed by atoms with E-state index < -0.39 is 0 Å². The van der Waals surface area contributed by atoms with Gasteiger partial charge in [0, 0.05) is 11.9 Å². The van der Waals surface area contributed by atoms with Gasteiger partial charge in [-0.05, 0) is 13.8 Å². The van der Waals surface area contributed by atoms with E-state index in [-0.39, 0.29) is 11.1 Å². The van der Waals surface area contributed by atoms with Crippen molar-refractivity contribution in [1.82, 2.24) is 14.4 Å². The van der Waals surface area contributed by atoms with Crippen LogP contribution in [0.15, 0.2) is 11.0 Å². The minimum atomic E-state index is -0.320. The van der Waals surface area contributed by atoms with E-state index >= 15 is 0 Å². The van der Waals surface area contributed by atoms with Crippen molar-refractivity contribution in [2.45, 2.75) is 13.8 Å². The van der Waals surface area contributed by atoms with Gasteiger partial charge in [0.15, 0.2) is 0 Å². The van der Waals surface area contributed by atoms with E-state index in [1.165, 1.54) is 4.40 Å². The molecule has 5 heteroatoms. The fraction of sp³-hybridized carbons (Fsp3) is 0.222. The Morgan fingerprint density at radius 3 is 2.93 bits per heavy atom. The number of nitrogens with one attached hydrogen (secondary N) is 1. The summed E-state index contributed by atoms with van der Waals surface area (Å²) in [7, 11) is 0. The van der Waals surface area contributed by atoms with Gasteiger partial charge in [0.2, 0.25) is 5.78 Å². The first-order valence-electron chi connectivity index (χ1n) is 4.12. The summed E-state index contributed by atoms with van der Waals surface area (Å²) in [6.07, 6.45) is 1.63. The quantitative estimate of drug-likeness (QED) is 0.654. The molecule has 0 aromatic carbocycles. The zero-order chi connectivity index (χ0) is 10.3. The van der Waals surface area contributed by atoms with E-state index in [4.69, 9.17) is 5.26 Å². The smallest absolute Gasteiger partial charge is 0.277 e. The molecule has 0 aliphatic carbocycles. The Morgan fingerprint density at radius 2 is 2.29 bits per heavy atom. The zero-order valence-electron chi connectivity index (χ0n) is 7.83. The number of imidazole rings is 1.